The molecule has 0 nitrogen and oxygen atoms in total. The van der Waals surface area contributed by atoms with Crippen molar-refractivity contribution in [3.8, 4) is 0 Å². The van der Waals surface area contributed by atoms with Gasteiger partial charge < -0.3 is 0 Å². The van der Waals surface area contributed by atoms with Gasteiger partial charge in [-0.15, -0.1) is 0 Å². The average Bonchev–Trinajstić information content (AvgIpc) is 2.35. The molecule has 1 rings (SSSR count). The number of benzene rings is 1. The van der Waals surface area contributed by atoms with Crippen molar-refractivity contribution >= 4 is 0 Å². The largest absolute Gasteiger partial charge is 0.0879 e. The van der Waals surface area contributed by atoms with Gasteiger partial charge in [-0.1, -0.05) is 61.1 Å². The average molecular weight is 242 g/mol. The Labute approximate surface area is 112 Å². The third kappa shape index (κ3) is 7.11. The van der Waals surface area contributed by atoms with E-state index in [1.807, 2.05) is 0 Å². The fraction of sp³-hybridized carbons (Fsp3) is 0.444. The van der Waals surface area contributed by atoms with Crippen LogP contribution in [0, 0.1) is 5.92 Å². The molecule has 0 fully saturated rings. The molecule has 1 atom stereocenters. The fourth-order valence-electron chi connectivity index (χ4n) is 1.94. The Hall–Kier alpha value is -1.30. The molecule has 0 bridgehead atoms. The quantitative estimate of drug-likeness (QED) is 0.549. The van der Waals surface area contributed by atoms with E-state index in [0.29, 0.717) is 0 Å². The van der Waals surface area contributed by atoms with Crippen molar-refractivity contribution in [3.05, 3.63) is 59.7 Å². The SMILES string of the molecule is CC(C)=CCC[C@@H](C)CC=CCc1ccccc1. The number of hydrogen-bond donors (Lipinski definition) is 0. The summed E-state index contributed by atoms with van der Waals surface area (Å²) >= 11 is 0. The molecule has 0 heteroatoms. The van der Waals surface area contributed by atoms with Gasteiger partial charge in [0.1, 0.15) is 0 Å². The van der Waals surface area contributed by atoms with E-state index >= 15 is 0 Å². The maximum absolute atomic E-state index is 2.34. The smallest absolute Gasteiger partial charge is 0.00975 e. The minimum atomic E-state index is 0.785. The van der Waals surface area contributed by atoms with Gasteiger partial charge in [0.2, 0.25) is 0 Å². The Morgan fingerprint density at radius 1 is 1.11 bits per heavy atom. The maximum atomic E-state index is 2.34. The first kappa shape index (κ1) is 14.8. The van der Waals surface area contributed by atoms with Crippen LogP contribution in [-0.2, 0) is 6.42 Å². The van der Waals surface area contributed by atoms with Gasteiger partial charge in [0, 0.05) is 0 Å². The molecule has 98 valence electrons. The van der Waals surface area contributed by atoms with E-state index in [0.717, 1.165) is 12.3 Å². The van der Waals surface area contributed by atoms with Crippen LogP contribution in [0.1, 0.15) is 45.6 Å². The number of allylic oxidation sites excluding steroid dienone is 4. The summed E-state index contributed by atoms with van der Waals surface area (Å²) in [5, 5.41) is 0. The minimum absolute atomic E-state index is 0.785. The predicted octanol–water partition coefficient (Wildman–Crippen LogP) is 5.56. The third-order valence-corrected chi connectivity index (χ3v) is 3.11. The van der Waals surface area contributed by atoms with E-state index in [2.05, 4.69) is 69.3 Å². The fourth-order valence-corrected chi connectivity index (χ4v) is 1.94. The second-order valence-corrected chi connectivity index (χ2v) is 5.36. The summed E-state index contributed by atoms with van der Waals surface area (Å²) in [4.78, 5) is 0. The normalized spacial score (nSPS) is 12.6. The molecule has 0 unspecified atom stereocenters. The zero-order valence-electron chi connectivity index (χ0n) is 12.0. The predicted molar refractivity (Wildman–Crippen MR) is 81.7 cm³/mol. The summed E-state index contributed by atoms with van der Waals surface area (Å²) in [5.74, 6) is 0.785. The molecule has 0 heterocycles. The standard InChI is InChI=1S/C18H26/c1-16(2)10-9-12-17(3)11-7-8-15-18-13-5-4-6-14-18/h4-8,10,13-14,17H,9,11-12,15H2,1-3H3/t17-/m0/s1. The van der Waals surface area contributed by atoms with Crippen LogP contribution in [0.3, 0.4) is 0 Å². The first-order valence-electron chi connectivity index (χ1n) is 7.00. The topological polar surface area (TPSA) is 0 Å². The maximum Gasteiger partial charge on any atom is -0.00975 e. The Morgan fingerprint density at radius 3 is 2.50 bits per heavy atom. The van der Waals surface area contributed by atoms with Crippen molar-refractivity contribution in [1.29, 1.82) is 0 Å². The molecule has 1 aromatic carbocycles. The molecule has 0 N–H and O–H groups in total. The molecule has 0 saturated heterocycles. The van der Waals surface area contributed by atoms with Crippen molar-refractivity contribution in [3.63, 3.8) is 0 Å². The molecule has 1 aromatic rings. The Balaban J connectivity index is 2.18. The third-order valence-electron chi connectivity index (χ3n) is 3.11. The molecule has 18 heavy (non-hydrogen) atoms. The van der Waals surface area contributed by atoms with Crippen molar-refractivity contribution in [2.24, 2.45) is 5.92 Å². The van der Waals surface area contributed by atoms with Gasteiger partial charge in [-0.2, -0.15) is 0 Å². The summed E-state index contributed by atoms with van der Waals surface area (Å²) in [7, 11) is 0. The van der Waals surface area contributed by atoms with E-state index in [9.17, 15) is 0 Å². The van der Waals surface area contributed by atoms with E-state index < -0.39 is 0 Å². The van der Waals surface area contributed by atoms with Crippen LogP contribution in [0.15, 0.2) is 54.1 Å². The van der Waals surface area contributed by atoms with Crippen LogP contribution < -0.4 is 0 Å². The Morgan fingerprint density at radius 2 is 1.83 bits per heavy atom. The van der Waals surface area contributed by atoms with Crippen LogP contribution in [-0.4, -0.2) is 0 Å². The summed E-state index contributed by atoms with van der Waals surface area (Å²) in [6.07, 6.45) is 11.7. The summed E-state index contributed by atoms with van der Waals surface area (Å²) < 4.78 is 0. The van der Waals surface area contributed by atoms with Crippen LogP contribution in [0.25, 0.3) is 0 Å². The van der Waals surface area contributed by atoms with Gasteiger partial charge in [0.05, 0.1) is 0 Å². The van der Waals surface area contributed by atoms with Gasteiger partial charge in [-0.3, -0.25) is 0 Å². The Kier molecular flexibility index (Phi) is 7.17. The van der Waals surface area contributed by atoms with Gasteiger partial charge in [-0.05, 0) is 51.0 Å². The van der Waals surface area contributed by atoms with E-state index in [1.165, 1.54) is 30.4 Å². The van der Waals surface area contributed by atoms with Crippen LogP contribution in [0.2, 0.25) is 0 Å². The molecule has 0 aromatic heterocycles. The van der Waals surface area contributed by atoms with E-state index in [4.69, 9.17) is 0 Å². The van der Waals surface area contributed by atoms with Crippen LogP contribution in [0.5, 0.6) is 0 Å². The molecule has 0 radical (unpaired) electrons. The summed E-state index contributed by atoms with van der Waals surface area (Å²) in [5.41, 5.74) is 2.83. The van der Waals surface area contributed by atoms with Crippen LogP contribution >= 0.6 is 0 Å². The Bertz CT molecular complexity index is 366. The highest BCUT2D eigenvalue weighted by atomic mass is 14.0. The lowest BCUT2D eigenvalue weighted by Crippen LogP contribution is -1.91. The molecule has 0 amide bonds. The summed E-state index contributed by atoms with van der Waals surface area (Å²) in [6, 6.07) is 10.6. The van der Waals surface area contributed by atoms with Crippen molar-refractivity contribution in [2.45, 2.75) is 46.5 Å². The second-order valence-electron chi connectivity index (χ2n) is 5.36. The lowest BCUT2D eigenvalue weighted by Gasteiger charge is -2.06. The molecule has 0 aliphatic rings. The highest BCUT2D eigenvalue weighted by Gasteiger charge is 1.97. The van der Waals surface area contributed by atoms with Crippen molar-refractivity contribution in [2.75, 3.05) is 0 Å². The molecule has 0 aliphatic heterocycles. The second kappa shape index (κ2) is 8.74. The number of hydrogen-bond acceptors (Lipinski definition) is 0. The highest BCUT2D eigenvalue weighted by Crippen LogP contribution is 2.12. The molecular weight excluding hydrogens is 216 g/mol. The zero-order chi connectivity index (χ0) is 13.2. The lowest BCUT2D eigenvalue weighted by atomic mass is 10.0. The zero-order valence-corrected chi connectivity index (χ0v) is 12.0. The minimum Gasteiger partial charge on any atom is -0.0879 e. The molecule has 0 aliphatic carbocycles. The number of rotatable bonds is 7. The van der Waals surface area contributed by atoms with Gasteiger partial charge in [0.15, 0.2) is 0 Å². The lowest BCUT2D eigenvalue weighted by molar-refractivity contribution is 0.545. The van der Waals surface area contributed by atoms with Crippen molar-refractivity contribution in [1.82, 2.24) is 0 Å². The van der Waals surface area contributed by atoms with E-state index in [1.54, 1.807) is 0 Å². The molecular formula is C18H26. The van der Waals surface area contributed by atoms with Gasteiger partial charge in [0.25, 0.3) is 0 Å². The van der Waals surface area contributed by atoms with E-state index in [-0.39, 0.29) is 0 Å². The summed E-state index contributed by atoms with van der Waals surface area (Å²) in [6.45, 7) is 6.68. The molecule has 0 saturated carbocycles. The highest BCUT2D eigenvalue weighted by molar-refractivity contribution is 5.17. The van der Waals surface area contributed by atoms with Crippen LogP contribution in [0.4, 0.5) is 0 Å². The first-order chi connectivity index (χ1) is 8.68. The first-order valence-corrected chi connectivity index (χ1v) is 7.00. The monoisotopic (exact) mass is 242 g/mol. The van der Waals surface area contributed by atoms with Gasteiger partial charge in [-0.25, -0.2) is 0 Å². The van der Waals surface area contributed by atoms with Gasteiger partial charge >= 0.3 is 0 Å². The molecule has 0 spiro atoms. The van der Waals surface area contributed by atoms with Crippen molar-refractivity contribution < 1.29 is 0 Å².